The molecule has 0 saturated heterocycles. The van der Waals surface area contributed by atoms with E-state index < -0.39 is 0 Å². The fourth-order valence-electron chi connectivity index (χ4n) is 4.20. The van der Waals surface area contributed by atoms with E-state index in [1.807, 2.05) is 18.2 Å². The lowest BCUT2D eigenvalue weighted by molar-refractivity contribution is 0.282. The number of benzene rings is 4. The van der Waals surface area contributed by atoms with Crippen LogP contribution in [0.2, 0.25) is 0 Å². The van der Waals surface area contributed by atoms with Crippen molar-refractivity contribution in [3.8, 4) is 33.4 Å². The van der Waals surface area contributed by atoms with Crippen molar-refractivity contribution < 1.29 is 5.11 Å². The summed E-state index contributed by atoms with van der Waals surface area (Å²) in [6.45, 7) is 0.0445. The Morgan fingerprint density at radius 3 is 2.19 bits per heavy atom. The average Bonchev–Trinajstić information content (AvgIpc) is 3.13. The Labute approximate surface area is 159 Å². The third-order valence-corrected chi connectivity index (χ3v) is 5.53. The van der Waals surface area contributed by atoms with E-state index in [9.17, 15) is 5.11 Å². The largest absolute Gasteiger partial charge is 0.392 e. The first-order chi connectivity index (χ1) is 13.3. The fraction of sp³-hybridized carbons (Fsp3) is 0.0769. The van der Waals surface area contributed by atoms with Crippen LogP contribution in [0.25, 0.3) is 33.4 Å². The van der Waals surface area contributed by atoms with E-state index in [2.05, 4.69) is 72.8 Å². The molecule has 0 heterocycles. The van der Waals surface area contributed by atoms with Crippen molar-refractivity contribution in [3.05, 3.63) is 108 Å². The number of hydrogen-bond donors (Lipinski definition) is 1. The van der Waals surface area contributed by atoms with Crippen LogP contribution in [0.15, 0.2) is 91.0 Å². The molecule has 0 atom stereocenters. The highest BCUT2D eigenvalue weighted by Gasteiger charge is 2.21. The highest BCUT2D eigenvalue weighted by atomic mass is 16.3. The predicted octanol–water partition coefficient (Wildman–Crippen LogP) is 6.08. The molecule has 27 heavy (non-hydrogen) atoms. The molecule has 0 fully saturated rings. The van der Waals surface area contributed by atoms with E-state index in [1.54, 1.807) is 0 Å². The van der Waals surface area contributed by atoms with Crippen LogP contribution in [0, 0.1) is 0 Å². The van der Waals surface area contributed by atoms with Crippen LogP contribution in [0.5, 0.6) is 0 Å². The number of aliphatic hydroxyl groups excluding tert-OH is 1. The second-order valence-corrected chi connectivity index (χ2v) is 7.06. The van der Waals surface area contributed by atoms with Gasteiger partial charge in [0.1, 0.15) is 0 Å². The summed E-state index contributed by atoms with van der Waals surface area (Å²) in [5.74, 6) is 0. The van der Waals surface area contributed by atoms with Crippen LogP contribution in [-0.2, 0) is 13.0 Å². The van der Waals surface area contributed by atoms with Crippen molar-refractivity contribution >= 4 is 0 Å². The molecule has 0 aromatic heterocycles. The molecule has 0 bridgehead atoms. The number of rotatable bonds is 3. The molecule has 0 spiro atoms. The first-order valence-corrected chi connectivity index (χ1v) is 9.35. The lowest BCUT2D eigenvalue weighted by atomic mass is 9.91. The van der Waals surface area contributed by atoms with Crippen LogP contribution in [0.4, 0.5) is 0 Å². The van der Waals surface area contributed by atoms with Gasteiger partial charge in [0, 0.05) is 0 Å². The molecular weight excluding hydrogens is 328 g/mol. The van der Waals surface area contributed by atoms with Gasteiger partial charge in [-0.25, -0.2) is 0 Å². The quantitative estimate of drug-likeness (QED) is 0.419. The van der Waals surface area contributed by atoms with E-state index in [0.29, 0.717) is 0 Å². The van der Waals surface area contributed by atoms with Gasteiger partial charge < -0.3 is 5.11 Å². The maximum Gasteiger partial charge on any atom is 0.0687 e. The standard InChI is InChI=1S/C26H20O/c27-17-21-14-13-20(15-25(21)18-7-2-1-3-8-18)23-11-6-12-24-22-10-5-4-9-19(22)16-26(23)24/h1-15,27H,16-17H2. The normalized spacial score (nSPS) is 11.9. The summed E-state index contributed by atoms with van der Waals surface area (Å²) in [5.41, 5.74) is 11.2. The Bertz CT molecular complexity index is 1130. The molecule has 130 valence electrons. The number of hydrogen-bond acceptors (Lipinski definition) is 1. The zero-order chi connectivity index (χ0) is 18.2. The number of fused-ring (bicyclic) bond motifs is 3. The van der Waals surface area contributed by atoms with E-state index in [1.165, 1.54) is 33.4 Å². The summed E-state index contributed by atoms with van der Waals surface area (Å²) in [6.07, 6.45) is 0.976. The molecule has 0 aliphatic heterocycles. The Balaban J connectivity index is 1.67. The van der Waals surface area contributed by atoms with Crippen LogP contribution < -0.4 is 0 Å². The molecule has 1 aliphatic rings. The van der Waals surface area contributed by atoms with Crippen LogP contribution >= 0.6 is 0 Å². The average molecular weight is 348 g/mol. The third-order valence-electron chi connectivity index (χ3n) is 5.53. The maximum atomic E-state index is 9.81. The van der Waals surface area contributed by atoms with Crippen LogP contribution in [-0.4, -0.2) is 5.11 Å². The molecule has 1 heteroatoms. The number of aliphatic hydroxyl groups is 1. The molecule has 1 N–H and O–H groups in total. The second-order valence-electron chi connectivity index (χ2n) is 7.06. The lowest BCUT2D eigenvalue weighted by Crippen LogP contribution is -1.93. The fourth-order valence-corrected chi connectivity index (χ4v) is 4.20. The molecule has 0 amide bonds. The summed E-state index contributed by atoms with van der Waals surface area (Å²) in [4.78, 5) is 0. The predicted molar refractivity (Wildman–Crippen MR) is 111 cm³/mol. The minimum absolute atomic E-state index is 0.0445. The summed E-state index contributed by atoms with van der Waals surface area (Å²) in [5, 5.41) is 9.81. The summed E-state index contributed by atoms with van der Waals surface area (Å²) >= 11 is 0. The van der Waals surface area contributed by atoms with Gasteiger partial charge in [0.25, 0.3) is 0 Å². The molecule has 0 saturated carbocycles. The molecule has 5 rings (SSSR count). The van der Waals surface area contributed by atoms with Gasteiger partial charge in [-0.1, -0.05) is 84.9 Å². The lowest BCUT2D eigenvalue weighted by Gasteiger charge is -2.13. The van der Waals surface area contributed by atoms with Crippen molar-refractivity contribution in [1.82, 2.24) is 0 Å². The Kier molecular flexibility index (Phi) is 3.88. The highest BCUT2D eigenvalue weighted by molar-refractivity contribution is 5.86. The van der Waals surface area contributed by atoms with E-state index in [4.69, 9.17) is 0 Å². The molecular formula is C26H20O. The third kappa shape index (κ3) is 2.68. The zero-order valence-electron chi connectivity index (χ0n) is 15.0. The minimum Gasteiger partial charge on any atom is -0.392 e. The van der Waals surface area contributed by atoms with Crippen LogP contribution in [0.1, 0.15) is 16.7 Å². The molecule has 4 aromatic rings. The van der Waals surface area contributed by atoms with Crippen molar-refractivity contribution in [3.63, 3.8) is 0 Å². The molecule has 0 unspecified atom stereocenters. The van der Waals surface area contributed by atoms with Gasteiger partial charge in [0.15, 0.2) is 0 Å². The van der Waals surface area contributed by atoms with Gasteiger partial charge in [-0.15, -0.1) is 0 Å². The monoisotopic (exact) mass is 348 g/mol. The topological polar surface area (TPSA) is 20.2 Å². The van der Waals surface area contributed by atoms with E-state index in [0.717, 1.165) is 23.1 Å². The van der Waals surface area contributed by atoms with Crippen LogP contribution in [0.3, 0.4) is 0 Å². The van der Waals surface area contributed by atoms with Gasteiger partial charge in [-0.05, 0) is 62.6 Å². The smallest absolute Gasteiger partial charge is 0.0687 e. The minimum atomic E-state index is 0.0445. The van der Waals surface area contributed by atoms with Gasteiger partial charge in [0.2, 0.25) is 0 Å². The van der Waals surface area contributed by atoms with Crippen molar-refractivity contribution in [1.29, 1.82) is 0 Å². The van der Waals surface area contributed by atoms with E-state index >= 15 is 0 Å². The van der Waals surface area contributed by atoms with Crippen molar-refractivity contribution in [2.45, 2.75) is 13.0 Å². The van der Waals surface area contributed by atoms with Gasteiger partial charge in [-0.3, -0.25) is 0 Å². The summed E-state index contributed by atoms with van der Waals surface area (Å²) < 4.78 is 0. The first-order valence-electron chi connectivity index (χ1n) is 9.35. The Morgan fingerprint density at radius 1 is 0.593 bits per heavy atom. The molecule has 1 aliphatic carbocycles. The first kappa shape index (κ1) is 16.0. The van der Waals surface area contributed by atoms with Gasteiger partial charge >= 0.3 is 0 Å². The molecule has 0 radical (unpaired) electrons. The summed E-state index contributed by atoms with van der Waals surface area (Å²) in [6, 6.07) is 32.0. The van der Waals surface area contributed by atoms with Gasteiger partial charge in [0.05, 0.1) is 6.61 Å². The molecule has 4 aromatic carbocycles. The Morgan fingerprint density at radius 2 is 1.33 bits per heavy atom. The van der Waals surface area contributed by atoms with Gasteiger partial charge in [-0.2, -0.15) is 0 Å². The van der Waals surface area contributed by atoms with E-state index in [-0.39, 0.29) is 6.61 Å². The zero-order valence-corrected chi connectivity index (χ0v) is 15.0. The highest BCUT2D eigenvalue weighted by Crippen LogP contribution is 2.42. The summed E-state index contributed by atoms with van der Waals surface area (Å²) in [7, 11) is 0. The van der Waals surface area contributed by atoms with Crippen molar-refractivity contribution in [2.75, 3.05) is 0 Å². The maximum absolute atomic E-state index is 9.81. The van der Waals surface area contributed by atoms with Crippen molar-refractivity contribution in [2.24, 2.45) is 0 Å². The SMILES string of the molecule is OCc1ccc(-c2cccc3c2Cc2ccccc2-3)cc1-c1ccccc1. The second kappa shape index (κ2) is 6.53. The molecule has 1 nitrogen and oxygen atoms in total. The Hall–Kier alpha value is -3.16.